The van der Waals surface area contributed by atoms with Gasteiger partial charge in [0, 0.05) is 16.5 Å². The Hall–Kier alpha value is -3.74. The fourth-order valence-corrected chi connectivity index (χ4v) is 3.16. The molecule has 0 bridgehead atoms. The summed E-state index contributed by atoms with van der Waals surface area (Å²) in [5.41, 5.74) is 1.09. The average Bonchev–Trinajstić information content (AvgIpc) is 3.24. The van der Waals surface area contributed by atoms with E-state index in [1.807, 2.05) is 51.1 Å². The molecule has 2 aromatic heterocycles. The van der Waals surface area contributed by atoms with Crippen LogP contribution in [0.2, 0.25) is 0 Å². The summed E-state index contributed by atoms with van der Waals surface area (Å²) in [7, 11) is 0. The fraction of sp³-hybridized carbons (Fsp3) is 0.250. The molecule has 0 aliphatic carbocycles. The van der Waals surface area contributed by atoms with Crippen molar-refractivity contribution in [1.82, 2.24) is 10.1 Å². The first kappa shape index (κ1) is 20.5. The highest BCUT2D eigenvalue weighted by Crippen LogP contribution is 2.27. The van der Waals surface area contributed by atoms with E-state index in [-0.39, 0.29) is 34.5 Å². The SMILES string of the molecule is Cc1c(-c2ccccc2)oc2c(C(=O)OCc3nc(C(C)(C)C)no3)cccc2c1=O. The van der Waals surface area contributed by atoms with E-state index in [0.717, 1.165) is 5.56 Å². The third-order valence-electron chi connectivity index (χ3n) is 4.87. The lowest BCUT2D eigenvalue weighted by atomic mass is 9.96. The quantitative estimate of drug-likeness (QED) is 0.439. The smallest absolute Gasteiger partial charge is 0.342 e. The minimum Gasteiger partial charge on any atom is -0.455 e. The molecule has 7 nitrogen and oxygen atoms in total. The molecule has 0 radical (unpaired) electrons. The number of rotatable bonds is 4. The van der Waals surface area contributed by atoms with E-state index in [0.29, 0.717) is 22.5 Å². The zero-order chi connectivity index (χ0) is 22.2. The summed E-state index contributed by atoms with van der Waals surface area (Å²) in [6.07, 6.45) is 0. The van der Waals surface area contributed by atoms with Crippen LogP contribution in [-0.2, 0) is 16.8 Å². The molecule has 0 fully saturated rings. The van der Waals surface area contributed by atoms with Gasteiger partial charge in [0.1, 0.15) is 11.3 Å². The second-order valence-electron chi connectivity index (χ2n) is 8.27. The van der Waals surface area contributed by atoms with Crippen molar-refractivity contribution in [2.24, 2.45) is 0 Å². The van der Waals surface area contributed by atoms with E-state index >= 15 is 0 Å². The lowest BCUT2D eigenvalue weighted by Crippen LogP contribution is -2.13. The van der Waals surface area contributed by atoms with Crippen LogP contribution < -0.4 is 5.43 Å². The molecule has 0 amide bonds. The zero-order valence-electron chi connectivity index (χ0n) is 17.8. The lowest BCUT2D eigenvalue weighted by Gasteiger charge is -2.11. The maximum atomic E-state index is 12.9. The Morgan fingerprint density at radius 1 is 1.06 bits per heavy atom. The number of hydrogen-bond donors (Lipinski definition) is 0. The number of carbonyl (C=O) groups is 1. The number of aromatic nitrogens is 2. The monoisotopic (exact) mass is 418 g/mol. The molecule has 0 unspecified atom stereocenters. The first-order chi connectivity index (χ1) is 14.8. The van der Waals surface area contributed by atoms with Gasteiger partial charge in [0.25, 0.3) is 5.89 Å². The lowest BCUT2D eigenvalue weighted by molar-refractivity contribution is 0.0431. The second kappa shape index (κ2) is 7.83. The van der Waals surface area contributed by atoms with Crippen molar-refractivity contribution in [3.8, 4) is 11.3 Å². The van der Waals surface area contributed by atoms with Crippen LogP contribution in [0, 0.1) is 6.92 Å². The van der Waals surface area contributed by atoms with Gasteiger partial charge >= 0.3 is 5.97 Å². The van der Waals surface area contributed by atoms with Crippen molar-refractivity contribution in [2.45, 2.75) is 39.7 Å². The summed E-state index contributed by atoms with van der Waals surface area (Å²) in [4.78, 5) is 30.0. The summed E-state index contributed by atoms with van der Waals surface area (Å²) in [6, 6.07) is 14.1. The van der Waals surface area contributed by atoms with E-state index < -0.39 is 5.97 Å². The number of para-hydroxylation sites is 1. The van der Waals surface area contributed by atoms with Gasteiger partial charge in [-0.1, -0.05) is 62.3 Å². The summed E-state index contributed by atoms with van der Waals surface area (Å²) in [5.74, 6) is 0.496. The van der Waals surface area contributed by atoms with Crippen molar-refractivity contribution in [3.05, 3.63) is 81.6 Å². The molecule has 0 aliphatic rings. The molecule has 0 spiro atoms. The van der Waals surface area contributed by atoms with Crippen LogP contribution >= 0.6 is 0 Å². The van der Waals surface area contributed by atoms with Crippen LogP contribution in [-0.4, -0.2) is 16.1 Å². The van der Waals surface area contributed by atoms with E-state index in [1.54, 1.807) is 25.1 Å². The summed E-state index contributed by atoms with van der Waals surface area (Å²) in [5, 5.41) is 4.24. The molecular formula is C24H22N2O5. The molecule has 7 heteroatoms. The Bertz CT molecular complexity index is 1310. The maximum Gasteiger partial charge on any atom is 0.342 e. The number of carbonyl (C=O) groups excluding carboxylic acids is 1. The van der Waals surface area contributed by atoms with E-state index in [9.17, 15) is 9.59 Å². The normalized spacial score (nSPS) is 11.6. The van der Waals surface area contributed by atoms with E-state index in [2.05, 4.69) is 10.1 Å². The topological polar surface area (TPSA) is 95.4 Å². The van der Waals surface area contributed by atoms with Crippen molar-refractivity contribution >= 4 is 16.9 Å². The molecular weight excluding hydrogens is 396 g/mol. The summed E-state index contributed by atoms with van der Waals surface area (Å²) >= 11 is 0. The molecule has 158 valence electrons. The van der Waals surface area contributed by atoms with Gasteiger partial charge in [0.2, 0.25) is 0 Å². The highest BCUT2D eigenvalue weighted by Gasteiger charge is 2.23. The fourth-order valence-electron chi connectivity index (χ4n) is 3.16. The molecule has 4 aromatic rings. The van der Waals surface area contributed by atoms with Gasteiger partial charge in [0.15, 0.2) is 23.4 Å². The Morgan fingerprint density at radius 3 is 2.48 bits per heavy atom. The van der Waals surface area contributed by atoms with Crippen molar-refractivity contribution in [1.29, 1.82) is 0 Å². The average molecular weight is 418 g/mol. The summed E-state index contributed by atoms with van der Waals surface area (Å²) in [6.45, 7) is 7.40. The maximum absolute atomic E-state index is 12.9. The second-order valence-corrected chi connectivity index (χ2v) is 8.27. The standard InChI is InChI=1S/C24H22N2O5/c1-14-19(27)16-11-8-12-17(21(16)30-20(14)15-9-6-5-7-10-15)22(28)29-13-18-25-23(26-31-18)24(2,3)4/h5-12H,13H2,1-4H3. The molecule has 0 saturated heterocycles. The van der Waals surface area contributed by atoms with Crippen LogP contribution in [0.4, 0.5) is 0 Å². The number of ether oxygens (including phenoxy) is 1. The van der Waals surface area contributed by atoms with Gasteiger partial charge in [0.05, 0.1) is 5.39 Å². The molecule has 4 rings (SSSR count). The molecule has 31 heavy (non-hydrogen) atoms. The number of benzene rings is 2. The highest BCUT2D eigenvalue weighted by atomic mass is 16.6. The van der Waals surface area contributed by atoms with Crippen molar-refractivity contribution < 1.29 is 18.5 Å². The number of nitrogens with zero attached hydrogens (tertiary/aromatic N) is 2. The van der Waals surface area contributed by atoms with Crippen LogP contribution in [0.15, 0.2) is 62.3 Å². The van der Waals surface area contributed by atoms with Crippen LogP contribution in [0.1, 0.15) is 48.4 Å². The molecule has 2 heterocycles. The zero-order valence-corrected chi connectivity index (χ0v) is 17.8. The van der Waals surface area contributed by atoms with Gasteiger partial charge in [-0.25, -0.2) is 4.79 Å². The molecule has 0 aliphatic heterocycles. The Morgan fingerprint density at radius 2 is 1.81 bits per heavy atom. The number of fused-ring (bicyclic) bond motifs is 1. The Labute approximate surface area is 178 Å². The van der Waals surface area contributed by atoms with Crippen molar-refractivity contribution in [3.63, 3.8) is 0 Å². The Kier molecular flexibility index (Phi) is 5.19. The molecule has 2 aromatic carbocycles. The minimum atomic E-state index is -0.646. The van der Waals surface area contributed by atoms with E-state index in [1.165, 1.54) is 0 Å². The van der Waals surface area contributed by atoms with Gasteiger partial charge in [-0.05, 0) is 19.1 Å². The molecule has 0 atom stereocenters. The van der Waals surface area contributed by atoms with E-state index in [4.69, 9.17) is 13.7 Å². The van der Waals surface area contributed by atoms with Crippen LogP contribution in [0.3, 0.4) is 0 Å². The number of hydrogen-bond acceptors (Lipinski definition) is 7. The highest BCUT2D eigenvalue weighted by molar-refractivity contribution is 6.02. The number of esters is 1. The molecule has 0 saturated carbocycles. The largest absolute Gasteiger partial charge is 0.455 e. The van der Waals surface area contributed by atoms with Gasteiger partial charge in [-0.2, -0.15) is 4.98 Å². The van der Waals surface area contributed by atoms with Crippen molar-refractivity contribution in [2.75, 3.05) is 0 Å². The first-order valence-electron chi connectivity index (χ1n) is 9.88. The van der Waals surface area contributed by atoms with Gasteiger partial charge in [-0.3, -0.25) is 4.79 Å². The Balaban J connectivity index is 1.69. The van der Waals surface area contributed by atoms with Crippen LogP contribution in [0.5, 0.6) is 0 Å². The van der Waals surface area contributed by atoms with Crippen LogP contribution in [0.25, 0.3) is 22.3 Å². The van der Waals surface area contributed by atoms with Gasteiger partial charge in [-0.15, -0.1) is 0 Å². The third kappa shape index (κ3) is 3.99. The first-order valence-corrected chi connectivity index (χ1v) is 9.88. The van der Waals surface area contributed by atoms with Gasteiger partial charge < -0.3 is 13.7 Å². The molecule has 0 N–H and O–H groups in total. The predicted molar refractivity (Wildman–Crippen MR) is 115 cm³/mol. The summed E-state index contributed by atoms with van der Waals surface area (Å²) < 4.78 is 16.6. The third-order valence-corrected chi connectivity index (χ3v) is 4.87. The predicted octanol–water partition coefficient (Wildman–Crippen LogP) is 4.81. The minimum absolute atomic E-state index is 0.155.